The maximum absolute atomic E-state index is 12.0. The van der Waals surface area contributed by atoms with E-state index in [2.05, 4.69) is 10.3 Å². The Morgan fingerprint density at radius 2 is 2.41 bits per heavy atom. The van der Waals surface area contributed by atoms with Crippen LogP contribution in [0.25, 0.3) is 0 Å². The van der Waals surface area contributed by atoms with E-state index in [4.69, 9.17) is 11.6 Å². The van der Waals surface area contributed by atoms with Gasteiger partial charge in [-0.1, -0.05) is 17.7 Å². The Labute approximate surface area is 109 Å². The van der Waals surface area contributed by atoms with Crippen LogP contribution in [0, 0.1) is 5.92 Å². The van der Waals surface area contributed by atoms with Gasteiger partial charge in [0.25, 0.3) is 0 Å². The van der Waals surface area contributed by atoms with E-state index < -0.39 is 10.8 Å². The van der Waals surface area contributed by atoms with Crippen molar-refractivity contribution in [2.75, 3.05) is 18.8 Å². The van der Waals surface area contributed by atoms with Gasteiger partial charge < -0.3 is 5.32 Å². The second-order valence-electron chi connectivity index (χ2n) is 4.45. The fraction of sp³-hybridized carbons (Fsp3) is 0.583. The molecule has 1 aromatic heterocycles. The second-order valence-corrected chi connectivity index (χ2v) is 6.34. The summed E-state index contributed by atoms with van der Waals surface area (Å²) in [7, 11) is -0.798. The molecule has 94 valence electrons. The van der Waals surface area contributed by atoms with Crippen molar-refractivity contribution < 1.29 is 4.21 Å². The molecule has 2 atom stereocenters. The van der Waals surface area contributed by atoms with Crippen molar-refractivity contribution in [3.05, 3.63) is 29.0 Å². The third-order valence-electron chi connectivity index (χ3n) is 2.94. The number of halogens is 1. The van der Waals surface area contributed by atoms with Crippen LogP contribution in [0.3, 0.4) is 0 Å². The first-order valence-corrected chi connectivity index (χ1v) is 7.77. The first kappa shape index (κ1) is 13.0. The first-order chi connectivity index (χ1) is 8.24. The molecule has 3 nitrogen and oxygen atoms in total. The van der Waals surface area contributed by atoms with Gasteiger partial charge in [0.1, 0.15) is 5.15 Å². The van der Waals surface area contributed by atoms with Gasteiger partial charge in [-0.05, 0) is 43.5 Å². The first-order valence-electron chi connectivity index (χ1n) is 5.90. The predicted molar refractivity (Wildman–Crippen MR) is 71.6 cm³/mol. The van der Waals surface area contributed by atoms with Gasteiger partial charge in [-0.25, -0.2) is 4.98 Å². The number of piperidine rings is 1. The maximum atomic E-state index is 12.0. The van der Waals surface area contributed by atoms with Gasteiger partial charge in [-0.15, -0.1) is 0 Å². The minimum absolute atomic E-state index is 0.482. The van der Waals surface area contributed by atoms with Crippen LogP contribution in [0.1, 0.15) is 18.4 Å². The molecule has 1 fully saturated rings. The van der Waals surface area contributed by atoms with Gasteiger partial charge in [0.2, 0.25) is 0 Å². The molecule has 17 heavy (non-hydrogen) atoms. The Morgan fingerprint density at radius 3 is 3.06 bits per heavy atom. The van der Waals surface area contributed by atoms with Gasteiger partial charge >= 0.3 is 0 Å². The lowest BCUT2D eigenvalue weighted by molar-refractivity contribution is 0.408. The molecule has 0 aromatic carbocycles. The summed E-state index contributed by atoms with van der Waals surface area (Å²) in [5, 5.41) is 3.83. The van der Waals surface area contributed by atoms with Crippen LogP contribution in [-0.2, 0) is 16.6 Å². The lowest BCUT2D eigenvalue weighted by Crippen LogP contribution is -2.32. The molecule has 0 aliphatic carbocycles. The normalized spacial score (nSPS) is 22.3. The van der Waals surface area contributed by atoms with E-state index in [1.165, 1.54) is 12.8 Å². The van der Waals surface area contributed by atoms with Gasteiger partial charge in [0, 0.05) is 22.7 Å². The summed E-state index contributed by atoms with van der Waals surface area (Å²) in [5.41, 5.74) is 0.997. The summed E-state index contributed by atoms with van der Waals surface area (Å²) < 4.78 is 12.0. The van der Waals surface area contributed by atoms with Crippen molar-refractivity contribution in [1.29, 1.82) is 0 Å². The Kier molecular flexibility index (Phi) is 4.95. The van der Waals surface area contributed by atoms with E-state index >= 15 is 0 Å². The van der Waals surface area contributed by atoms with E-state index in [-0.39, 0.29) is 0 Å². The topological polar surface area (TPSA) is 42.0 Å². The van der Waals surface area contributed by atoms with Crippen molar-refractivity contribution in [3.8, 4) is 0 Å². The maximum Gasteiger partial charge on any atom is 0.129 e. The van der Waals surface area contributed by atoms with Crippen LogP contribution >= 0.6 is 11.6 Å². The standard InChI is InChI=1S/C12H17ClN2OS/c13-12-4-3-11(7-15-12)9-17(16)8-10-2-1-5-14-6-10/h3-4,7,10,14H,1-2,5-6,8-9H2. The van der Waals surface area contributed by atoms with Crippen molar-refractivity contribution in [1.82, 2.24) is 10.3 Å². The molecule has 2 heterocycles. The van der Waals surface area contributed by atoms with Crippen LogP contribution < -0.4 is 5.32 Å². The molecule has 1 N–H and O–H groups in total. The molecule has 1 saturated heterocycles. The largest absolute Gasteiger partial charge is 0.316 e. The summed E-state index contributed by atoms with van der Waals surface area (Å²) >= 11 is 5.71. The van der Waals surface area contributed by atoms with Crippen molar-refractivity contribution in [2.24, 2.45) is 5.92 Å². The highest BCUT2D eigenvalue weighted by molar-refractivity contribution is 7.84. The number of hydrogen-bond acceptors (Lipinski definition) is 3. The zero-order chi connectivity index (χ0) is 12.1. The molecule has 0 radical (unpaired) electrons. The van der Waals surface area contributed by atoms with E-state index in [1.807, 2.05) is 6.07 Å². The second kappa shape index (κ2) is 6.47. The fourth-order valence-electron chi connectivity index (χ4n) is 2.07. The summed E-state index contributed by atoms with van der Waals surface area (Å²) in [6.07, 6.45) is 4.10. The van der Waals surface area contributed by atoms with Crippen molar-refractivity contribution in [3.63, 3.8) is 0 Å². The van der Waals surface area contributed by atoms with Gasteiger partial charge in [-0.2, -0.15) is 0 Å². The smallest absolute Gasteiger partial charge is 0.129 e. The molecule has 0 amide bonds. The van der Waals surface area contributed by atoms with Gasteiger partial charge in [0.15, 0.2) is 0 Å². The lowest BCUT2D eigenvalue weighted by atomic mass is 10.0. The van der Waals surface area contributed by atoms with Crippen LogP contribution in [0.4, 0.5) is 0 Å². The average molecular weight is 273 g/mol. The third-order valence-corrected chi connectivity index (χ3v) is 4.66. The van der Waals surface area contributed by atoms with Gasteiger partial charge in [-0.3, -0.25) is 4.21 Å². The van der Waals surface area contributed by atoms with Crippen molar-refractivity contribution in [2.45, 2.75) is 18.6 Å². The molecule has 0 saturated carbocycles. The number of nitrogens with zero attached hydrogens (tertiary/aromatic N) is 1. The highest BCUT2D eigenvalue weighted by atomic mass is 35.5. The van der Waals surface area contributed by atoms with E-state index in [1.54, 1.807) is 12.3 Å². The Bertz CT molecular complexity index is 377. The predicted octanol–water partition coefficient (Wildman–Crippen LogP) is 1.98. The Morgan fingerprint density at radius 1 is 1.53 bits per heavy atom. The minimum Gasteiger partial charge on any atom is -0.316 e. The number of hydrogen-bond donors (Lipinski definition) is 1. The molecule has 0 bridgehead atoms. The molecule has 1 aromatic rings. The average Bonchev–Trinajstić information content (AvgIpc) is 2.33. The van der Waals surface area contributed by atoms with Crippen LogP contribution in [0.5, 0.6) is 0 Å². The Balaban J connectivity index is 1.82. The van der Waals surface area contributed by atoms with E-state index in [0.29, 0.717) is 16.8 Å². The molecule has 5 heteroatoms. The molecule has 2 unspecified atom stereocenters. The Hall–Kier alpha value is -0.450. The van der Waals surface area contributed by atoms with Crippen LogP contribution in [0.15, 0.2) is 18.3 Å². The number of pyridine rings is 1. The fourth-order valence-corrected chi connectivity index (χ4v) is 3.65. The van der Waals surface area contributed by atoms with Gasteiger partial charge in [0.05, 0.1) is 5.75 Å². The van der Waals surface area contributed by atoms with E-state index in [0.717, 1.165) is 24.4 Å². The molecular formula is C12H17ClN2OS. The SMILES string of the molecule is O=S(Cc1ccc(Cl)nc1)CC1CCCNC1. The molecule has 2 rings (SSSR count). The van der Waals surface area contributed by atoms with Crippen LogP contribution in [-0.4, -0.2) is 28.0 Å². The molecule has 1 aliphatic rings. The highest BCUT2D eigenvalue weighted by Crippen LogP contribution is 2.14. The molecular weight excluding hydrogens is 256 g/mol. The molecule has 1 aliphatic heterocycles. The summed E-state index contributed by atoms with van der Waals surface area (Å²) in [4.78, 5) is 4.00. The summed E-state index contributed by atoms with van der Waals surface area (Å²) in [5.74, 6) is 1.93. The highest BCUT2D eigenvalue weighted by Gasteiger charge is 2.16. The quantitative estimate of drug-likeness (QED) is 0.853. The lowest BCUT2D eigenvalue weighted by Gasteiger charge is -2.22. The molecule has 0 spiro atoms. The number of nitrogens with one attached hydrogen (secondary N) is 1. The zero-order valence-electron chi connectivity index (χ0n) is 9.69. The van der Waals surface area contributed by atoms with Crippen LogP contribution in [0.2, 0.25) is 5.15 Å². The third kappa shape index (κ3) is 4.37. The number of rotatable bonds is 4. The van der Waals surface area contributed by atoms with Crippen molar-refractivity contribution >= 4 is 22.4 Å². The zero-order valence-corrected chi connectivity index (χ0v) is 11.3. The van der Waals surface area contributed by atoms with E-state index in [9.17, 15) is 4.21 Å². The summed E-state index contributed by atoms with van der Waals surface area (Å²) in [6, 6.07) is 3.64. The monoisotopic (exact) mass is 272 g/mol. The minimum atomic E-state index is -0.798. The number of aromatic nitrogens is 1. The summed E-state index contributed by atoms with van der Waals surface area (Å²) in [6.45, 7) is 2.11.